The summed E-state index contributed by atoms with van der Waals surface area (Å²) in [6, 6.07) is 8.74. The van der Waals surface area contributed by atoms with Gasteiger partial charge in [-0.3, -0.25) is 14.5 Å². The first-order chi connectivity index (χ1) is 15.8. The van der Waals surface area contributed by atoms with Crippen molar-refractivity contribution in [3.63, 3.8) is 0 Å². The van der Waals surface area contributed by atoms with Crippen LogP contribution >= 0.6 is 0 Å². The molecule has 1 amide bonds. The molecule has 1 aliphatic rings. The molecule has 0 radical (unpaired) electrons. The Morgan fingerprint density at radius 2 is 1.94 bits per heavy atom. The van der Waals surface area contributed by atoms with Gasteiger partial charge in [-0.1, -0.05) is 19.9 Å². The van der Waals surface area contributed by atoms with Gasteiger partial charge in [0.1, 0.15) is 5.52 Å². The van der Waals surface area contributed by atoms with Gasteiger partial charge in [-0.05, 0) is 67.1 Å². The summed E-state index contributed by atoms with van der Waals surface area (Å²) in [6.45, 7) is 6.57. The molecule has 1 aromatic carbocycles. The molecule has 4 heterocycles. The number of pyridine rings is 1. The van der Waals surface area contributed by atoms with Gasteiger partial charge in [0.25, 0.3) is 5.56 Å². The van der Waals surface area contributed by atoms with E-state index >= 15 is 0 Å². The first-order valence-electron chi connectivity index (χ1n) is 11.7. The Bertz CT molecular complexity index is 1400. The highest BCUT2D eigenvalue weighted by Gasteiger charge is 2.24. The van der Waals surface area contributed by atoms with Gasteiger partial charge in [-0.2, -0.15) is 0 Å². The lowest BCUT2D eigenvalue weighted by molar-refractivity contribution is -0.119. The van der Waals surface area contributed by atoms with Crippen molar-refractivity contribution in [1.29, 1.82) is 0 Å². The van der Waals surface area contributed by atoms with E-state index in [4.69, 9.17) is 5.73 Å². The number of aryl methyl sites for hydroxylation is 1. The number of nitrogens with two attached hydrogens (primary N) is 1. The third-order valence-electron chi connectivity index (χ3n) is 7.04. The van der Waals surface area contributed by atoms with Crippen molar-refractivity contribution in [3.8, 4) is 11.3 Å². The lowest BCUT2D eigenvalue weighted by Gasteiger charge is -2.31. The summed E-state index contributed by atoms with van der Waals surface area (Å²) in [4.78, 5) is 32.7. The van der Waals surface area contributed by atoms with Gasteiger partial charge in [-0.25, -0.2) is 0 Å². The Balaban J connectivity index is 1.57. The highest BCUT2D eigenvalue weighted by Crippen LogP contribution is 2.39. The van der Waals surface area contributed by atoms with E-state index < -0.39 is 0 Å². The van der Waals surface area contributed by atoms with Crippen LogP contribution in [0.2, 0.25) is 0 Å². The highest BCUT2D eigenvalue weighted by molar-refractivity contribution is 5.99. The number of H-pyrrole nitrogens is 2. The molecule has 7 nitrogen and oxygen atoms in total. The predicted molar refractivity (Wildman–Crippen MR) is 133 cm³/mol. The molecular weight excluding hydrogens is 414 g/mol. The summed E-state index contributed by atoms with van der Waals surface area (Å²) in [7, 11) is 1.80. The highest BCUT2D eigenvalue weighted by atomic mass is 16.1. The zero-order valence-electron chi connectivity index (χ0n) is 19.4. The lowest BCUT2D eigenvalue weighted by Crippen LogP contribution is -2.39. The number of likely N-dealkylation sites (tertiary alicyclic amines) is 1. The summed E-state index contributed by atoms with van der Waals surface area (Å²) >= 11 is 0. The summed E-state index contributed by atoms with van der Waals surface area (Å²) in [5.41, 5.74) is 11.8. The fourth-order valence-corrected chi connectivity index (χ4v) is 5.41. The number of hydrogen-bond acceptors (Lipinski definition) is 3. The van der Waals surface area contributed by atoms with Crippen LogP contribution in [0.25, 0.3) is 33.1 Å². The van der Waals surface area contributed by atoms with Gasteiger partial charge in [-0.15, -0.1) is 0 Å². The van der Waals surface area contributed by atoms with Gasteiger partial charge in [0.15, 0.2) is 0 Å². The molecule has 5 rings (SSSR count). The minimum atomic E-state index is -0.258. The number of aromatic amines is 2. The van der Waals surface area contributed by atoms with Crippen LogP contribution in [0.1, 0.15) is 49.7 Å². The predicted octanol–water partition coefficient (Wildman–Crippen LogP) is 3.80. The summed E-state index contributed by atoms with van der Waals surface area (Å²) in [5, 5.41) is 2.18. The zero-order valence-corrected chi connectivity index (χ0v) is 19.4. The largest absolute Gasteiger partial charge is 0.369 e. The molecule has 0 aliphatic carbocycles. The van der Waals surface area contributed by atoms with Crippen LogP contribution in [-0.2, 0) is 11.8 Å². The van der Waals surface area contributed by atoms with Crippen LogP contribution in [-0.4, -0.2) is 45.0 Å². The smallest absolute Gasteiger partial charge is 0.274 e. The van der Waals surface area contributed by atoms with Crippen molar-refractivity contribution >= 4 is 27.7 Å². The lowest BCUT2D eigenvalue weighted by atomic mass is 9.87. The molecule has 1 aliphatic heterocycles. The summed E-state index contributed by atoms with van der Waals surface area (Å²) in [6.07, 6.45) is 5.82. The number of nitrogens with one attached hydrogen (secondary N) is 2. The van der Waals surface area contributed by atoms with E-state index in [9.17, 15) is 9.59 Å². The molecule has 4 N–H and O–H groups in total. The van der Waals surface area contributed by atoms with E-state index in [1.54, 1.807) is 11.6 Å². The van der Waals surface area contributed by atoms with Crippen molar-refractivity contribution in [3.05, 3.63) is 58.1 Å². The van der Waals surface area contributed by atoms with Crippen LogP contribution in [0, 0.1) is 0 Å². The Morgan fingerprint density at radius 3 is 2.64 bits per heavy atom. The third-order valence-corrected chi connectivity index (χ3v) is 7.04. The van der Waals surface area contributed by atoms with Crippen molar-refractivity contribution in [2.24, 2.45) is 12.8 Å². The molecule has 172 valence electrons. The second-order valence-corrected chi connectivity index (χ2v) is 9.62. The van der Waals surface area contributed by atoms with Crippen LogP contribution in [0.3, 0.4) is 0 Å². The number of benzene rings is 1. The average Bonchev–Trinajstić information content (AvgIpc) is 3.41. The first kappa shape index (κ1) is 21.5. The minimum Gasteiger partial charge on any atom is -0.369 e. The molecule has 3 aromatic heterocycles. The SMILES string of the molecule is CC(C)c1c(-c2cn(C)c(=O)c3[nH]ccc23)[nH]c2ccc(C3CCN(CC(N)=O)CC3)cc12. The van der Waals surface area contributed by atoms with Gasteiger partial charge < -0.3 is 20.3 Å². The number of nitrogens with zero attached hydrogens (tertiary/aromatic N) is 2. The van der Waals surface area contributed by atoms with Crippen molar-refractivity contribution in [2.45, 2.75) is 38.5 Å². The topological polar surface area (TPSA) is 99.9 Å². The maximum atomic E-state index is 12.6. The van der Waals surface area contributed by atoms with Crippen LogP contribution in [0.5, 0.6) is 0 Å². The molecule has 0 atom stereocenters. The van der Waals surface area contributed by atoms with E-state index in [2.05, 4.69) is 46.9 Å². The molecule has 0 unspecified atom stereocenters. The molecule has 4 aromatic rings. The van der Waals surface area contributed by atoms with Crippen LogP contribution < -0.4 is 11.3 Å². The van der Waals surface area contributed by atoms with Gasteiger partial charge in [0, 0.05) is 41.3 Å². The van der Waals surface area contributed by atoms with Crippen molar-refractivity contribution in [2.75, 3.05) is 19.6 Å². The standard InChI is InChI=1S/C26H31N5O2/c1-15(2)23-19-12-17(16-7-10-31(11-8-16)14-22(27)32)4-5-21(19)29-24(23)20-13-30(3)26(33)25-18(20)6-9-28-25/h4-6,9,12-13,15-16,28-29H,7-8,10-11,14H2,1-3H3,(H2,27,32). The summed E-state index contributed by atoms with van der Waals surface area (Å²) < 4.78 is 1.65. The molecular formula is C26H31N5O2. The Morgan fingerprint density at radius 1 is 1.18 bits per heavy atom. The summed E-state index contributed by atoms with van der Waals surface area (Å²) in [5.74, 6) is 0.532. The number of carbonyl (C=O) groups is 1. The fraction of sp³-hybridized carbons (Fsp3) is 0.385. The zero-order chi connectivity index (χ0) is 23.3. The molecule has 0 saturated carbocycles. The number of aromatic nitrogens is 3. The van der Waals surface area contributed by atoms with Gasteiger partial charge in [0.05, 0.1) is 12.2 Å². The minimum absolute atomic E-state index is 0.0223. The number of primary amides is 1. The quantitative estimate of drug-likeness (QED) is 0.436. The molecule has 1 saturated heterocycles. The van der Waals surface area contributed by atoms with Crippen LogP contribution in [0.15, 0.2) is 41.5 Å². The average molecular weight is 446 g/mol. The van der Waals surface area contributed by atoms with E-state index in [-0.39, 0.29) is 11.5 Å². The Labute approximate surface area is 192 Å². The maximum Gasteiger partial charge on any atom is 0.274 e. The number of fused-ring (bicyclic) bond motifs is 2. The maximum absolute atomic E-state index is 12.6. The van der Waals surface area contributed by atoms with E-state index in [0.717, 1.165) is 48.1 Å². The molecule has 0 bridgehead atoms. The normalized spacial score (nSPS) is 15.8. The monoisotopic (exact) mass is 445 g/mol. The number of amides is 1. The Hall–Kier alpha value is -3.32. The van der Waals surface area contributed by atoms with E-state index in [0.29, 0.717) is 23.9 Å². The van der Waals surface area contributed by atoms with Crippen molar-refractivity contribution < 1.29 is 4.79 Å². The third kappa shape index (κ3) is 3.76. The number of piperidine rings is 1. The second-order valence-electron chi connectivity index (χ2n) is 9.62. The molecule has 1 fully saturated rings. The number of rotatable bonds is 5. The first-order valence-corrected chi connectivity index (χ1v) is 11.7. The van der Waals surface area contributed by atoms with Crippen molar-refractivity contribution in [1.82, 2.24) is 19.4 Å². The van der Waals surface area contributed by atoms with Crippen LogP contribution in [0.4, 0.5) is 0 Å². The number of hydrogen-bond donors (Lipinski definition) is 3. The van der Waals surface area contributed by atoms with Gasteiger partial charge in [0.2, 0.25) is 5.91 Å². The fourth-order valence-electron chi connectivity index (χ4n) is 5.41. The molecule has 33 heavy (non-hydrogen) atoms. The number of carbonyl (C=O) groups excluding carboxylic acids is 1. The Kier molecular flexibility index (Phi) is 5.37. The van der Waals surface area contributed by atoms with Gasteiger partial charge >= 0.3 is 0 Å². The molecule has 0 spiro atoms. The second kappa shape index (κ2) is 8.23. The van der Waals surface area contributed by atoms with E-state index in [1.165, 1.54) is 16.5 Å². The van der Waals surface area contributed by atoms with E-state index in [1.807, 2.05) is 18.5 Å². The molecule has 7 heteroatoms.